The van der Waals surface area contributed by atoms with Crippen LogP contribution in [0.4, 0.5) is 11.4 Å². The number of anilines is 2. The van der Waals surface area contributed by atoms with Crippen LogP contribution in [0.1, 0.15) is 21.5 Å². The van der Waals surface area contributed by atoms with Gasteiger partial charge in [-0.15, -0.1) is 0 Å². The lowest BCUT2D eigenvalue weighted by molar-refractivity contribution is -0.114. The lowest BCUT2D eigenvalue weighted by atomic mass is 10.1. The highest BCUT2D eigenvalue weighted by Gasteiger charge is 2.05. The normalized spacial score (nSPS) is 10.0. The quantitative estimate of drug-likeness (QED) is 0.795. The number of amides is 2. The number of carbonyl (C=O) groups is 2. The fraction of sp³-hybridized carbons (Fsp3) is 0.222. The summed E-state index contributed by atoms with van der Waals surface area (Å²) in [6, 6.07) is 12.8. The standard InChI is InChI=1S/C18H21N3O2/c1-12-4-7-16(10-13(12)2)21-17(22)11-20-15-8-5-14(6-9-15)18(23)19-3/h4-10,20H,11H2,1-3H3,(H,19,23)(H,21,22). The molecular formula is C18H21N3O2. The molecule has 3 N–H and O–H groups in total. The molecule has 0 radical (unpaired) electrons. The smallest absolute Gasteiger partial charge is 0.251 e. The zero-order chi connectivity index (χ0) is 16.8. The number of nitrogens with one attached hydrogen (secondary N) is 3. The van der Waals surface area contributed by atoms with E-state index in [0.29, 0.717) is 5.56 Å². The third kappa shape index (κ3) is 4.57. The fourth-order valence-corrected chi connectivity index (χ4v) is 2.09. The van der Waals surface area contributed by atoms with Gasteiger partial charge in [0.15, 0.2) is 0 Å². The van der Waals surface area contributed by atoms with Crippen molar-refractivity contribution in [1.29, 1.82) is 0 Å². The lowest BCUT2D eigenvalue weighted by Gasteiger charge is -2.10. The molecule has 2 aromatic rings. The molecule has 0 aliphatic rings. The third-order valence-corrected chi connectivity index (χ3v) is 3.62. The molecule has 0 unspecified atom stereocenters. The molecule has 5 nitrogen and oxygen atoms in total. The summed E-state index contributed by atoms with van der Waals surface area (Å²) in [5.41, 5.74) is 4.48. The molecule has 0 saturated heterocycles. The Kier molecular flexibility index (Phi) is 5.36. The average molecular weight is 311 g/mol. The van der Waals surface area contributed by atoms with Crippen LogP contribution in [0.5, 0.6) is 0 Å². The van der Waals surface area contributed by atoms with Gasteiger partial charge in [-0.3, -0.25) is 9.59 Å². The van der Waals surface area contributed by atoms with Gasteiger partial charge in [0.1, 0.15) is 0 Å². The van der Waals surface area contributed by atoms with Crippen LogP contribution in [0.2, 0.25) is 0 Å². The highest BCUT2D eigenvalue weighted by molar-refractivity contribution is 5.95. The van der Waals surface area contributed by atoms with E-state index in [-0.39, 0.29) is 18.4 Å². The molecule has 2 amide bonds. The van der Waals surface area contributed by atoms with Crippen molar-refractivity contribution in [2.75, 3.05) is 24.2 Å². The van der Waals surface area contributed by atoms with Crippen molar-refractivity contribution in [3.8, 4) is 0 Å². The highest BCUT2D eigenvalue weighted by Crippen LogP contribution is 2.14. The average Bonchev–Trinajstić information content (AvgIpc) is 2.56. The minimum Gasteiger partial charge on any atom is -0.376 e. The van der Waals surface area contributed by atoms with Crippen molar-refractivity contribution >= 4 is 23.2 Å². The van der Waals surface area contributed by atoms with E-state index in [9.17, 15) is 9.59 Å². The number of benzene rings is 2. The van der Waals surface area contributed by atoms with Gasteiger partial charge in [-0.25, -0.2) is 0 Å². The maximum absolute atomic E-state index is 12.0. The summed E-state index contributed by atoms with van der Waals surface area (Å²) in [7, 11) is 1.59. The SMILES string of the molecule is CNC(=O)c1ccc(NCC(=O)Nc2ccc(C)c(C)c2)cc1. The molecule has 2 aromatic carbocycles. The van der Waals surface area contributed by atoms with E-state index in [2.05, 4.69) is 16.0 Å². The topological polar surface area (TPSA) is 70.2 Å². The van der Waals surface area contributed by atoms with Crippen molar-refractivity contribution in [1.82, 2.24) is 5.32 Å². The molecule has 23 heavy (non-hydrogen) atoms. The van der Waals surface area contributed by atoms with Crippen molar-refractivity contribution < 1.29 is 9.59 Å². The Morgan fingerprint density at radius 2 is 1.57 bits per heavy atom. The van der Waals surface area contributed by atoms with Gasteiger partial charge in [0.25, 0.3) is 5.91 Å². The summed E-state index contributed by atoms with van der Waals surface area (Å²) in [4.78, 5) is 23.4. The molecule has 2 rings (SSSR count). The van der Waals surface area contributed by atoms with E-state index < -0.39 is 0 Å². The summed E-state index contributed by atoms with van der Waals surface area (Å²) < 4.78 is 0. The molecule has 5 heteroatoms. The lowest BCUT2D eigenvalue weighted by Crippen LogP contribution is -2.22. The summed E-state index contributed by atoms with van der Waals surface area (Å²) in [5, 5.41) is 8.45. The second-order valence-electron chi connectivity index (χ2n) is 5.36. The Hall–Kier alpha value is -2.82. The largest absolute Gasteiger partial charge is 0.376 e. The minimum absolute atomic E-state index is 0.122. The van der Waals surface area contributed by atoms with Crippen LogP contribution in [0.25, 0.3) is 0 Å². The first-order valence-corrected chi connectivity index (χ1v) is 7.42. The van der Waals surface area contributed by atoms with Crippen molar-refractivity contribution in [3.05, 3.63) is 59.2 Å². The first-order chi connectivity index (χ1) is 11.0. The van der Waals surface area contributed by atoms with E-state index in [1.165, 1.54) is 5.56 Å². The molecule has 0 aliphatic carbocycles. The van der Waals surface area contributed by atoms with Gasteiger partial charge in [0.2, 0.25) is 5.91 Å². The number of rotatable bonds is 5. The minimum atomic E-state index is -0.135. The summed E-state index contributed by atoms with van der Waals surface area (Å²) in [6.07, 6.45) is 0. The Balaban J connectivity index is 1.88. The molecule has 0 heterocycles. The number of carbonyl (C=O) groups excluding carboxylic acids is 2. The van der Waals surface area contributed by atoms with Crippen LogP contribution in [-0.4, -0.2) is 25.4 Å². The molecule has 0 spiro atoms. The molecule has 0 saturated carbocycles. The van der Waals surface area contributed by atoms with Crippen LogP contribution in [-0.2, 0) is 4.79 Å². The first-order valence-electron chi connectivity index (χ1n) is 7.42. The second-order valence-corrected chi connectivity index (χ2v) is 5.36. The number of hydrogen-bond acceptors (Lipinski definition) is 3. The Labute approximate surface area is 136 Å². The molecule has 0 fully saturated rings. The fourth-order valence-electron chi connectivity index (χ4n) is 2.09. The zero-order valence-corrected chi connectivity index (χ0v) is 13.6. The van der Waals surface area contributed by atoms with Gasteiger partial charge in [-0.05, 0) is 61.4 Å². The summed E-state index contributed by atoms with van der Waals surface area (Å²) in [5.74, 6) is -0.257. The molecule has 0 aliphatic heterocycles. The number of hydrogen-bond donors (Lipinski definition) is 3. The van der Waals surface area contributed by atoms with Gasteiger partial charge in [-0.1, -0.05) is 6.07 Å². The molecule has 0 aromatic heterocycles. The van der Waals surface area contributed by atoms with Crippen LogP contribution in [0, 0.1) is 13.8 Å². The highest BCUT2D eigenvalue weighted by atomic mass is 16.2. The first kappa shape index (κ1) is 16.5. The van der Waals surface area contributed by atoms with Crippen molar-refractivity contribution in [3.63, 3.8) is 0 Å². The summed E-state index contributed by atoms with van der Waals surface area (Å²) >= 11 is 0. The van der Waals surface area contributed by atoms with Gasteiger partial charge in [0, 0.05) is 24.0 Å². The van der Waals surface area contributed by atoms with Gasteiger partial charge in [-0.2, -0.15) is 0 Å². The second kappa shape index (κ2) is 7.45. The van der Waals surface area contributed by atoms with Crippen molar-refractivity contribution in [2.45, 2.75) is 13.8 Å². The van der Waals surface area contributed by atoms with Crippen LogP contribution in [0.15, 0.2) is 42.5 Å². The molecule has 0 atom stereocenters. The Morgan fingerprint density at radius 1 is 0.913 bits per heavy atom. The molecular weight excluding hydrogens is 290 g/mol. The van der Waals surface area contributed by atoms with Crippen molar-refractivity contribution in [2.24, 2.45) is 0 Å². The van der Waals surface area contributed by atoms with Crippen LogP contribution >= 0.6 is 0 Å². The predicted molar refractivity (Wildman–Crippen MR) is 92.9 cm³/mol. The van der Waals surface area contributed by atoms with E-state index in [4.69, 9.17) is 0 Å². The predicted octanol–water partition coefficient (Wildman–Crippen LogP) is 2.71. The summed E-state index contributed by atoms with van der Waals surface area (Å²) in [6.45, 7) is 4.20. The zero-order valence-electron chi connectivity index (χ0n) is 13.6. The molecule has 120 valence electrons. The molecule has 0 bridgehead atoms. The van der Waals surface area contributed by atoms with E-state index in [1.54, 1.807) is 31.3 Å². The monoisotopic (exact) mass is 311 g/mol. The van der Waals surface area contributed by atoms with Gasteiger partial charge >= 0.3 is 0 Å². The Morgan fingerprint density at radius 3 is 2.17 bits per heavy atom. The van der Waals surface area contributed by atoms with Crippen LogP contribution in [0.3, 0.4) is 0 Å². The van der Waals surface area contributed by atoms with E-state index in [0.717, 1.165) is 16.9 Å². The number of aryl methyl sites for hydroxylation is 2. The maximum Gasteiger partial charge on any atom is 0.251 e. The maximum atomic E-state index is 12.0. The van der Waals surface area contributed by atoms with Gasteiger partial charge in [0.05, 0.1) is 6.54 Å². The van der Waals surface area contributed by atoms with Gasteiger partial charge < -0.3 is 16.0 Å². The van der Waals surface area contributed by atoms with E-state index in [1.807, 2.05) is 32.0 Å². The Bertz CT molecular complexity index is 709. The van der Waals surface area contributed by atoms with Crippen LogP contribution < -0.4 is 16.0 Å². The van der Waals surface area contributed by atoms with E-state index >= 15 is 0 Å². The third-order valence-electron chi connectivity index (χ3n) is 3.62.